The molecule has 0 aliphatic carbocycles. The molecule has 0 unspecified atom stereocenters. The Bertz CT molecular complexity index is 118. The van der Waals surface area contributed by atoms with Gasteiger partial charge in [0.05, 0.1) is 0 Å². The van der Waals surface area contributed by atoms with Gasteiger partial charge in [0.15, 0.2) is 5.11 Å². The fourth-order valence-electron chi connectivity index (χ4n) is 0.200. The monoisotopic (exact) mass is 128 g/mol. The van der Waals surface area contributed by atoms with Crippen molar-refractivity contribution in [3.05, 3.63) is 12.3 Å². The van der Waals surface area contributed by atoms with E-state index in [1.54, 1.807) is 6.20 Å². The van der Waals surface area contributed by atoms with Gasteiger partial charge >= 0.3 is 0 Å². The molecule has 0 atom stereocenters. The fraction of sp³-hybridized carbons (Fsp3) is 0.200. The van der Waals surface area contributed by atoms with Crippen LogP contribution in [0, 0.1) is 0 Å². The molecule has 0 saturated heterocycles. The van der Waals surface area contributed by atoms with Crippen molar-refractivity contribution in [3.63, 3.8) is 0 Å². The summed E-state index contributed by atoms with van der Waals surface area (Å²) < 4.78 is 0. The van der Waals surface area contributed by atoms with Crippen molar-refractivity contribution in [2.24, 2.45) is 4.99 Å². The fourth-order valence-corrected chi connectivity index (χ4v) is 0.268. The van der Waals surface area contributed by atoms with Crippen molar-refractivity contribution in [3.8, 4) is 0 Å². The summed E-state index contributed by atoms with van der Waals surface area (Å²) in [5.74, 6) is 0. The number of rotatable bonds is 1. The van der Waals surface area contributed by atoms with Crippen LogP contribution in [0.25, 0.3) is 0 Å². The molecule has 0 heterocycles. The third-order valence-corrected chi connectivity index (χ3v) is 0.764. The van der Waals surface area contributed by atoms with E-state index in [1.165, 1.54) is 0 Å². The second-order valence-corrected chi connectivity index (χ2v) is 1.49. The van der Waals surface area contributed by atoms with E-state index < -0.39 is 0 Å². The number of hydrogen-bond acceptors (Lipinski definition) is 1. The predicted octanol–water partition coefficient (Wildman–Crippen LogP) is 1.10. The number of thiocarbonyl (C=S) groups is 1. The topological polar surface area (TPSA) is 24.4 Å². The maximum atomic E-state index is 4.63. The van der Waals surface area contributed by atoms with E-state index >= 15 is 0 Å². The molecule has 0 bridgehead atoms. The molecule has 0 aliphatic rings. The molecule has 8 heavy (non-hydrogen) atoms. The zero-order valence-corrected chi connectivity index (χ0v) is 5.53. The van der Waals surface area contributed by atoms with Crippen LogP contribution >= 0.6 is 12.2 Å². The van der Waals surface area contributed by atoms with Crippen LogP contribution in [-0.4, -0.2) is 11.8 Å². The van der Waals surface area contributed by atoms with Crippen molar-refractivity contribution in [2.45, 2.75) is 6.92 Å². The summed E-state index contributed by atoms with van der Waals surface area (Å²) in [7, 11) is 0. The maximum absolute atomic E-state index is 4.63. The Hall–Kier alpha value is -0.700. The minimum Gasteiger partial charge on any atom is -0.338 e. The van der Waals surface area contributed by atoms with Gasteiger partial charge in [-0.15, -0.1) is 0 Å². The van der Waals surface area contributed by atoms with Crippen LogP contribution in [-0.2, 0) is 0 Å². The van der Waals surface area contributed by atoms with Crippen molar-refractivity contribution in [1.29, 1.82) is 0 Å². The molecule has 0 aliphatic heterocycles. The average molecular weight is 128 g/mol. The smallest absolute Gasteiger partial charge is 0.196 e. The molecule has 0 spiro atoms. The molecule has 0 aromatic carbocycles. The number of hydrogen-bond donors (Lipinski definition) is 1. The lowest BCUT2D eigenvalue weighted by atomic mass is 10.7. The van der Waals surface area contributed by atoms with E-state index in [0.29, 0.717) is 5.11 Å². The van der Waals surface area contributed by atoms with Gasteiger partial charge in [-0.25, -0.2) is 4.99 Å². The van der Waals surface area contributed by atoms with E-state index in [1.807, 2.05) is 13.0 Å². The molecule has 0 saturated carbocycles. The van der Waals surface area contributed by atoms with Crippen molar-refractivity contribution in [1.82, 2.24) is 5.32 Å². The molecular weight excluding hydrogens is 120 g/mol. The van der Waals surface area contributed by atoms with Gasteiger partial charge in [-0.1, -0.05) is 6.08 Å². The van der Waals surface area contributed by atoms with Crippen molar-refractivity contribution < 1.29 is 0 Å². The summed E-state index contributed by atoms with van der Waals surface area (Å²) in [4.78, 5) is 3.45. The third kappa shape index (κ3) is 3.49. The maximum Gasteiger partial charge on any atom is 0.196 e. The van der Waals surface area contributed by atoms with Crippen LogP contribution in [0.1, 0.15) is 6.92 Å². The summed E-state index contributed by atoms with van der Waals surface area (Å²) in [6.45, 7) is 5.11. The summed E-state index contributed by atoms with van der Waals surface area (Å²) in [5, 5.41) is 3.11. The van der Waals surface area contributed by atoms with Gasteiger partial charge in [0.25, 0.3) is 0 Å². The molecule has 1 N–H and O–H groups in total. The Kier molecular flexibility index (Phi) is 4.07. The SMILES string of the molecule is C=NC(=S)N/C=C\C. The summed E-state index contributed by atoms with van der Waals surface area (Å²) in [6.07, 6.45) is 3.54. The minimum atomic E-state index is 0.406. The van der Waals surface area contributed by atoms with Gasteiger partial charge in [-0.2, -0.15) is 0 Å². The highest BCUT2D eigenvalue weighted by Crippen LogP contribution is 1.70. The number of nitrogens with one attached hydrogen (secondary N) is 1. The molecular formula is C5H8N2S. The van der Waals surface area contributed by atoms with Crippen molar-refractivity contribution >= 4 is 24.0 Å². The summed E-state index contributed by atoms with van der Waals surface area (Å²) >= 11 is 4.63. The molecule has 0 amide bonds. The van der Waals surface area contributed by atoms with Crippen LogP contribution in [0.15, 0.2) is 17.3 Å². The summed E-state index contributed by atoms with van der Waals surface area (Å²) in [5.41, 5.74) is 0. The third-order valence-electron chi connectivity index (χ3n) is 0.517. The minimum absolute atomic E-state index is 0.406. The molecule has 0 rings (SSSR count). The molecule has 44 valence electrons. The van der Waals surface area contributed by atoms with E-state index in [4.69, 9.17) is 0 Å². The first-order chi connectivity index (χ1) is 3.81. The van der Waals surface area contributed by atoms with Gasteiger partial charge in [-0.3, -0.25) is 0 Å². The highest BCUT2D eigenvalue weighted by atomic mass is 32.1. The number of nitrogens with zero attached hydrogens (tertiary/aromatic N) is 1. The highest BCUT2D eigenvalue weighted by Gasteiger charge is 1.77. The van der Waals surface area contributed by atoms with Crippen LogP contribution in [0.3, 0.4) is 0 Å². The Morgan fingerprint density at radius 3 is 2.88 bits per heavy atom. The second-order valence-electron chi connectivity index (χ2n) is 1.11. The first kappa shape index (κ1) is 7.30. The van der Waals surface area contributed by atoms with Crippen LogP contribution in [0.4, 0.5) is 0 Å². The molecule has 0 aromatic rings. The molecule has 0 aromatic heterocycles. The lowest BCUT2D eigenvalue weighted by Crippen LogP contribution is -2.10. The van der Waals surface area contributed by atoms with E-state index in [0.717, 1.165) is 0 Å². The van der Waals surface area contributed by atoms with Gasteiger partial charge in [0.2, 0.25) is 0 Å². The van der Waals surface area contributed by atoms with Crippen LogP contribution in [0.5, 0.6) is 0 Å². The molecule has 0 fully saturated rings. The number of allylic oxidation sites excluding steroid dienone is 1. The quantitative estimate of drug-likeness (QED) is 0.422. The zero-order valence-electron chi connectivity index (χ0n) is 4.72. The van der Waals surface area contributed by atoms with Gasteiger partial charge in [0, 0.05) is 0 Å². The second kappa shape index (κ2) is 4.46. The average Bonchev–Trinajstić information content (AvgIpc) is 1.83. The van der Waals surface area contributed by atoms with E-state index in [-0.39, 0.29) is 0 Å². The first-order valence-corrected chi connectivity index (χ1v) is 2.60. The van der Waals surface area contributed by atoms with Crippen molar-refractivity contribution in [2.75, 3.05) is 0 Å². The number of aliphatic imine (C=N–C) groups is 1. The normalized spacial score (nSPS) is 9.12. The van der Waals surface area contributed by atoms with E-state index in [2.05, 4.69) is 29.2 Å². The van der Waals surface area contributed by atoms with Crippen LogP contribution in [0.2, 0.25) is 0 Å². The zero-order chi connectivity index (χ0) is 6.41. The lowest BCUT2D eigenvalue weighted by Gasteiger charge is -1.90. The van der Waals surface area contributed by atoms with Crippen LogP contribution < -0.4 is 5.32 Å². The Morgan fingerprint density at radius 2 is 2.50 bits per heavy atom. The molecule has 0 radical (unpaired) electrons. The Labute approximate surface area is 54.3 Å². The largest absolute Gasteiger partial charge is 0.338 e. The lowest BCUT2D eigenvalue weighted by molar-refractivity contribution is 1.27. The van der Waals surface area contributed by atoms with Gasteiger partial charge in [-0.05, 0) is 32.1 Å². The Morgan fingerprint density at radius 1 is 1.88 bits per heavy atom. The highest BCUT2D eigenvalue weighted by molar-refractivity contribution is 7.80. The first-order valence-electron chi connectivity index (χ1n) is 2.19. The molecule has 3 heteroatoms. The van der Waals surface area contributed by atoms with Gasteiger partial charge in [0.1, 0.15) is 0 Å². The standard InChI is InChI=1S/C5H8N2S/c1-3-4-7-5(8)6-2/h3-4H,2H2,1H3,(H,7,8)/b4-3-. The van der Waals surface area contributed by atoms with E-state index in [9.17, 15) is 0 Å². The Balaban J connectivity index is 3.39. The molecule has 2 nitrogen and oxygen atoms in total. The summed E-state index contributed by atoms with van der Waals surface area (Å²) in [6, 6.07) is 0. The van der Waals surface area contributed by atoms with Gasteiger partial charge < -0.3 is 5.32 Å². The predicted molar refractivity (Wildman–Crippen MR) is 40.1 cm³/mol.